The van der Waals surface area contributed by atoms with E-state index in [1.54, 1.807) is 6.92 Å². The molecule has 17 heavy (non-hydrogen) atoms. The molecule has 0 saturated heterocycles. The van der Waals surface area contributed by atoms with Crippen molar-refractivity contribution < 1.29 is 14.3 Å². The maximum Gasteiger partial charge on any atom is 0.251 e. The van der Waals surface area contributed by atoms with Crippen LogP contribution in [-0.2, 0) is 0 Å². The van der Waals surface area contributed by atoms with Gasteiger partial charge in [-0.05, 0) is 50.5 Å². The molecule has 0 saturated carbocycles. The first-order chi connectivity index (χ1) is 8.04. The first-order valence-corrected chi connectivity index (χ1v) is 5.72. The topological polar surface area (TPSA) is 49.3 Å². The van der Waals surface area contributed by atoms with Gasteiger partial charge in [0.2, 0.25) is 0 Å². The van der Waals surface area contributed by atoms with E-state index >= 15 is 0 Å². The molecule has 3 nitrogen and oxygen atoms in total. The number of carbonyl (C=O) groups is 1. The summed E-state index contributed by atoms with van der Waals surface area (Å²) in [6.07, 6.45) is 1.38. The Balaban J connectivity index is 2.60. The Morgan fingerprint density at radius 2 is 2.24 bits per heavy atom. The van der Waals surface area contributed by atoms with Gasteiger partial charge in [0.05, 0.1) is 0 Å². The standard InChI is InChI=1S/C13H18FNO2/c1-9-8-11(5-6-12(9)14)13(17)15-10(2)4-3-7-16/h5-6,8,10,16H,3-4,7H2,1-2H3,(H,15,17). The minimum Gasteiger partial charge on any atom is -0.396 e. The number of rotatable bonds is 5. The van der Waals surface area contributed by atoms with Crippen molar-refractivity contribution in [3.05, 3.63) is 35.1 Å². The molecule has 0 spiro atoms. The summed E-state index contributed by atoms with van der Waals surface area (Å²) >= 11 is 0. The average Bonchev–Trinajstić information content (AvgIpc) is 2.30. The van der Waals surface area contributed by atoms with E-state index in [-0.39, 0.29) is 24.4 Å². The van der Waals surface area contributed by atoms with Crippen LogP contribution in [0.3, 0.4) is 0 Å². The van der Waals surface area contributed by atoms with Crippen LogP contribution in [-0.4, -0.2) is 23.7 Å². The van der Waals surface area contributed by atoms with E-state index in [1.165, 1.54) is 18.2 Å². The van der Waals surface area contributed by atoms with Crippen LogP contribution >= 0.6 is 0 Å². The van der Waals surface area contributed by atoms with E-state index in [0.717, 1.165) is 6.42 Å². The second-order valence-corrected chi connectivity index (χ2v) is 4.20. The monoisotopic (exact) mass is 239 g/mol. The summed E-state index contributed by atoms with van der Waals surface area (Å²) in [4.78, 5) is 11.8. The van der Waals surface area contributed by atoms with Gasteiger partial charge in [-0.25, -0.2) is 4.39 Å². The van der Waals surface area contributed by atoms with Crippen LogP contribution in [0.25, 0.3) is 0 Å². The minimum absolute atomic E-state index is 0.00000850. The lowest BCUT2D eigenvalue weighted by molar-refractivity contribution is 0.0936. The zero-order chi connectivity index (χ0) is 12.8. The number of aliphatic hydroxyl groups excluding tert-OH is 1. The Hall–Kier alpha value is -1.42. The Morgan fingerprint density at radius 1 is 1.53 bits per heavy atom. The highest BCUT2D eigenvalue weighted by Crippen LogP contribution is 2.09. The molecule has 0 fully saturated rings. The molecule has 0 aliphatic heterocycles. The number of hydrogen-bond acceptors (Lipinski definition) is 2. The van der Waals surface area contributed by atoms with Crippen molar-refractivity contribution in [3.8, 4) is 0 Å². The van der Waals surface area contributed by atoms with Gasteiger partial charge in [0.25, 0.3) is 5.91 Å². The van der Waals surface area contributed by atoms with Crippen LogP contribution in [0.15, 0.2) is 18.2 Å². The van der Waals surface area contributed by atoms with E-state index in [0.29, 0.717) is 17.5 Å². The predicted octanol–water partition coefficient (Wildman–Crippen LogP) is 2.02. The van der Waals surface area contributed by atoms with Crippen LogP contribution in [0.2, 0.25) is 0 Å². The fourth-order valence-electron chi connectivity index (χ4n) is 1.56. The molecule has 0 radical (unpaired) electrons. The molecule has 2 N–H and O–H groups in total. The molecule has 1 aromatic rings. The lowest BCUT2D eigenvalue weighted by atomic mass is 10.1. The molecule has 1 aromatic carbocycles. The smallest absolute Gasteiger partial charge is 0.251 e. The summed E-state index contributed by atoms with van der Waals surface area (Å²) < 4.78 is 13.0. The number of hydrogen-bond donors (Lipinski definition) is 2. The lowest BCUT2D eigenvalue weighted by Gasteiger charge is -2.13. The summed E-state index contributed by atoms with van der Waals surface area (Å²) in [7, 11) is 0. The highest BCUT2D eigenvalue weighted by molar-refractivity contribution is 5.94. The molecule has 1 amide bonds. The Morgan fingerprint density at radius 3 is 2.82 bits per heavy atom. The number of aryl methyl sites for hydroxylation is 1. The highest BCUT2D eigenvalue weighted by atomic mass is 19.1. The van der Waals surface area contributed by atoms with Crippen molar-refractivity contribution in [2.24, 2.45) is 0 Å². The third kappa shape index (κ3) is 4.15. The molecular weight excluding hydrogens is 221 g/mol. The summed E-state index contributed by atoms with van der Waals surface area (Å²) in [5, 5.41) is 11.5. The molecule has 0 aliphatic rings. The molecular formula is C13H18FNO2. The zero-order valence-corrected chi connectivity index (χ0v) is 10.2. The largest absolute Gasteiger partial charge is 0.396 e. The highest BCUT2D eigenvalue weighted by Gasteiger charge is 2.10. The van der Waals surface area contributed by atoms with Crippen molar-refractivity contribution in [2.45, 2.75) is 32.7 Å². The third-order valence-electron chi connectivity index (χ3n) is 2.59. The Bertz CT molecular complexity index is 393. The third-order valence-corrected chi connectivity index (χ3v) is 2.59. The van der Waals surface area contributed by atoms with Gasteiger partial charge in [-0.3, -0.25) is 4.79 Å². The molecule has 0 aromatic heterocycles. The Kier molecular flexibility index (Phi) is 5.10. The van der Waals surface area contributed by atoms with Crippen LogP contribution in [0.4, 0.5) is 4.39 Å². The number of halogens is 1. The van der Waals surface area contributed by atoms with Crippen molar-refractivity contribution in [3.63, 3.8) is 0 Å². The van der Waals surface area contributed by atoms with Crippen LogP contribution in [0, 0.1) is 12.7 Å². The maximum atomic E-state index is 13.0. The van der Waals surface area contributed by atoms with Crippen molar-refractivity contribution in [1.82, 2.24) is 5.32 Å². The second kappa shape index (κ2) is 6.35. The number of carbonyl (C=O) groups excluding carboxylic acids is 1. The van der Waals surface area contributed by atoms with Gasteiger partial charge < -0.3 is 10.4 Å². The van der Waals surface area contributed by atoms with E-state index in [4.69, 9.17) is 5.11 Å². The van der Waals surface area contributed by atoms with Crippen LogP contribution in [0.5, 0.6) is 0 Å². The lowest BCUT2D eigenvalue weighted by Crippen LogP contribution is -2.32. The average molecular weight is 239 g/mol. The summed E-state index contributed by atoms with van der Waals surface area (Å²) in [6, 6.07) is 4.29. The quantitative estimate of drug-likeness (QED) is 0.826. The molecule has 1 unspecified atom stereocenters. The summed E-state index contributed by atoms with van der Waals surface area (Å²) in [6.45, 7) is 3.63. The van der Waals surface area contributed by atoms with Gasteiger partial charge in [0.15, 0.2) is 0 Å². The summed E-state index contributed by atoms with van der Waals surface area (Å²) in [5.41, 5.74) is 0.917. The minimum atomic E-state index is -0.310. The zero-order valence-electron chi connectivity index (χ0n) is 10.2. The number of amides is 1. The normalized spacial score (nSPS) is 12.2. The molecule has 0 bridgehead atoms. The fraction of sp³-hybridized carbons (Fsp3) is 0.462. The number of nitrogens with one attached hydrogen (secondary N) is 1. The predicted molar refractivity (Wildman–Crippen MR) is 64.4 cm³/mol. The Labute approximate surface area is 101 Å². The molecule has 0 aliphatic carbocycles. The van der Waals surface area contributed by atoms with Crippen LogP contribution < -0.4 is 5.32 Å². The van der Waals surface area contributed by atoms with Gasteiger partial charge >= 0.3 is 0 Å². The van der Waals surface area contributed by atoms with Crippen molar-refractivity contribution >= 4 is 5.91 Å². The van der Waals surface area contributed by atoms with E-state index < -0.39 is 0 Å². The summed E-state index contributed by atoms with van der Waals surface area (Å²) in [5.74, 6) is -0.520. The van der Waals surface area contributed by atoms with E-state index in [2.05, 4.69) is 5.32 Å². The van der Waals surface area contributed by atoms with Crippen LogP contribution in [0.1, 0.15) is 35.7 Å². The van der Waals surface area contributed by atoms with Gasteiger partial charge in [-0.15, -0.1) is 0 Å². The number of benzene rings is 1. The first-order valence-electron chi connectivity index (χ1n) is 5.72. The number of aliphatic hydroxyl groups is 1. The first kappa shape index (κ1) is 13.6. The van der Waals surface area contributed by atoms with E-state index in [9.17, 15) is 9.18 Å². The second-order valence-electron chi connectivity index (χ2n) is 4.20. The van der Waals surface area contributed by atoms with E-state index in [1.807, 2.05) is 6.92 Å². The SMILES string of the molecule is Cc1cc(C(=O)NC(C)CCCO)ccc1F. The molecule has 1 atom stereocenters. The van der Waals surface area contributed by atoms with Crippen molar-refractivity contribution in [1.29, 1.82) is 0 Å². The molecule has 4 heteroatoms. The van der Waals surface area contributed by atoms with Gasteiger partial charge in [0, 0.05) is 18.2 Å². The van der Waals surface area contributed by atoms with Gasteiger partial charge in [-0.1, -0.05) is 0 Å². The van der Waals surface area contributed by atoms with Gasteiger partial charge in [0.1, 0.15) is 5.82 Å². The van der Waals surface area contributed by atoms with Crippen molar-refractivity contribution in [2.75, 3.05) is 6.61 Å². The molecule has 0 heterocycles. The van der Waals surface area contributed by atoms with Gasteiger partial charge in [-0.2, -0.15) is 0 Å². The maximum absolute atomic E-state index is 13.0. The fourth-order valence-corrected chi connectivity index (χ4v) is 1.56. The molecule has 1 rings (SSSR count). The molecule has 94 valence electrons.